The van der Waals surface area contributed by atoms with Gasteiger partial charge in [0.2, 0.25) is 5.91 Å². The van der Waals surface area contributed by atoms with Gasteiger partial charge < -0.3 is 14.2 Å². The van der Waals surface area contributed by atoms with Gasteiger partial charge in [0.15, 0.2) is 0 Å². The van der Waals surface area contributed by atoms with Gasteiger partial charge in [-0.05, 0) is 54.0 Å². The zero-order valence-corrected chi connectivity index (χ0v) is 17.5. The molecule has 1 amide bonds. The number of benzene rings is 1. The number of aryl methyl sites for hydroxylation is 2. The summed E-state index contributed by atoms with van der Waals surface area (Å²) in [6, 6.07) is 6.48. The van der Waals surface area contributed by atoms with Gasteiger partial charge in [0, 0.05) is 37.1 Å². The van der Waals surface area contributed by atoms with Crippen LogP contribution in [0.15, 0.2) is 40.6 Å². The number of fused-ring (bicyclic) bond motifs is 3. The first-order chi connectivity index (χ1) is 14.8. The maximum Gasteiger partial charge on any atom is 0.227 e. The molecule has 4 heterocycles. The third-order valence-electron chi connectivity index (χ3n) is 6.38. The number of anilines is 1. The van der Waals surface area contributed by atoms with E-state index < -0.39 is 0 Å². The summed E-state index contributed by atoms with van der Waals surface area (Å²) in [4.78, 5) is 27.1. The lowest BCUT2D eigenvalue weighted by Gasteiger charge is -2.35. The van der Waals surface area contributed by atoms with Crippen LogP contribution in [0.2, 0.25) is 0 Å². The molecule has 2 aliphatic rings. The Hall–Kier alpha value is -2.93. The Morgan fingerprint density at radius 2 is 1.90 bits per heavy atom. The highest BCUT2D eigenvalue weighted by molar-refractivity contribution is 7.16. The number of rotatable bonds is 3. The lowest BCUT2D eigenvalue weighted by molar-refractivity contribution is -0.130. The van der Waals surface area contributed by atoms with E-state index in [1.54, 1.807) is 23.9 Å². The number of furan rings is 1. The molecule has 1 aromatic carbocycles. The maximum absolute atomic E-state index is 13.0. The van der Waals surface area contributed by atoms with Crippen LogP contribution in [0.5, 0.6) is 0 Å². The van der Waals surface area contributed by atoms with E-state index in [0.29, 0.717) is 19.5 Å². The van der Waals surface area contributed by atoms with Gasteiger partial charge in [-0.15, -0.1) is 11.3 Å². The number of thiophene rings is 1. The first kappa shape index (κ1) is 17.9. The highest BCUT2D eigenvalue weighted by atomic mass is 32.1. The zero-order valence-electron chi connectivity index (χ0n) is 16.6. The molecule has 6 rings (SSSR count). The third kappa shape index (κ3) is 2.96. The topological polar surface area (TPSA) is 62.5 Å². The van der Waals surface area contributed by atoms with E-state index in [0.717, 1.165) is 58.5 Å². The van der Waals surface area contributed by atoms with Crippen molar-refractivity contribution in [2.45, 2.75) is 25.7 Å². The lowest BCUT2D eigenvalue weighted by atomic mass is 10.0. The number of hydrogen-bond donors (Lipinski definition) is 0. The van der Waals surface area contributed by atoms with Crippen molar-refractivity contribution in [2.24, 2.45) is 0 Å². The summed E-state index contributed by atoms with van der Waals surface area (Å²) in [7, 11) is 0. The number of carbonyl (C=O) groups is 1. The van der Waals surface area contributed by atoms with Gasteiger partial charge in [-0.1, -0.05) is 0 Å². The number of hydrogen-bond acceptors (Lipinski definition) is 6. The quantitative estimate of drug-likeness (QED) is 0.506. The summed E-state index contributed by atoms with van der Waals surface area (Å²) >= 11 is 1.63. The molecule has 1 fully saturated rings. The van der Waals surface area contributed by atoms with Crippen LogP contribution in [0.25, 0.3) is 21.2 Å². The van der Waals surface area contributed by atoms with Gasteiger partial charge in [-0.3, -0.25) is 4.79 Å². The second kappa shape index (κ2) is 7.09. The van der Waals surface area contributed by atoms with Crippen LogP contribution in [0.3, 0.4) is 0 Å². The predicted molar refractivity (Wildman–Crippen MR) is 118 cm³/mol. The fraction of sp³-hybridized carbons (Fsp3) is 0.348. The normalized spacial score (nSPS) is 16.5. The molecule has 1 saturated heterocycles. The Kier molecular flexibility index (Phi) is 4.23. The molecule has 30 heavy (non-hydrogen) atoms. The van der Waals surface area contributed by atoms with Crippen molar-refractivity contribution in [3.05, 3.63) is 52.9 Å². The van der Waals surface area contributed by atoms with Crippen LogP contribution >= 0.6 is 11.3 Å². The minimum absolute atomic E-state index is 0.168. The van der Waals surface area contributed by atoms with Crippen molar-refractivity contribution in [1.29, 1.82) is 0 Å². The van der Waals surface area contributed by atoms with Crippen molar-refractivity contribution >= 4 is 44.2 Å². The molecule has 0 saturated carbocycles. The molecule has 0 spiro atoms. The van der Waals surface area contributed by atoms with Crippen LogP contribution < -0.4 is 4.90 Å². The highest BCUT2D eigenvalue weighted by Gasteiger charge is 2.24. The van der Waals surface area contributed by atoms with E-state index in [2.05, 4.69) is 33.1 Å². The average Bonchev–Trinajstić information content (AvgIpc) is 3.52. The van der Waals surface area contributed by atoms with Crippen molar-refractivity contribution in [3.63, 3.8) is 0 Å². The molecule has 6 nitrogen and oxygen atoms in total. The van der Waals surface area contributed by atoms with Crippen LogP contribution in [0, 0.1) is 0 Å². The van der Waals surface area contributed by atoms with E-state index >= 15 is 0 Å². The van der Waals surface area contributed by atoms with Gasteiger partial charge >= 0.3 is 0 Å². The Morgan fingerprint density at radius 1 is 1.07 bits per heavy atom. The second-order valence-electron chi connectivity index (χ2n) is 8.11. The number of aromatic nitrogens is 2. The fourth-order valence-electron chi connectivity index (χ4n) is 4.76. The van der Waals surface area contributed by atoms with E-state index in [4.69, 9.17) is 4.42 Å². The molecule has 1 aliphatic carbocycles. The van der Waals surface area contributed by atoms with Gasteiger partial charge in [0.05, 0.1) is 18.1 Å². The number of nitrogens with zero attached hydrogens (tertiary/aromatic N) is 4. The number of amides is 1. The summed E-state index contributed by atoms with van der Waals surface area (Å²) in [5.41, 5.74) is 4.72. The minimum Gasteiger partial charge on any atom is -0.464 e. The zero-order chi connectivity index (χ0) is 20.1. The van der Waals surface area contributed by atoms with Gasteiger partial charge in [-0.2, -0.15) is 0 Å². The fourth-order valence-corrected chi connectivity index (χ4v) is 5.48. The van der Waals surface area contributed by atoms with Crippen molar-refractivity contribution < 1.29 is 9.21 Å². The Balaban J connectivity index is 1.16. The van der Waals surface area contributed by atoms with Crippen molar-refractivity contribution in [3.8, 4) is 0 Å². The van der Waals surface area contributed by atoms with E-state index in [1.165, 1.54) is 17.5 Å². The molecule has 7 heteroatoms. The monoisotopic (exact) mass is 418 g/mol. The largest absolute Gasteiger partial charge is 0.464 e. The average molecular weight is 419 g/mol. The first-order valence-corrected chi connectivity index (χ1v) is 11.4. The lowest BCUT2D eigenvalue weighted by Crippen LogP contribution is -2.49. The minimum atomic E-state index is 0.168. The van der Waals surface area contributed by atoms with Crippen LogP contribution in [-0.2, 0) is 24.1 Å². The maximum atomic E-state index is 13.0. The summed E-state index contributed by atoms with van der Waals surface area (Å²) in [5.74, 6) is 1.14. The Morgan fingerprint density at radius 3 is 2.77 bits per heavy atom. The number of piperazine rings is 1. The Labute approximate surface area is 178 Å². The molecule has 3 aromatic heterocycles. The van der Waals surface area contributed by atoms with E-state index in [9.17, 15) is 4.79 Å². The van der Waals surface area contributed by atoms with Gasteiger partial charge in [0.1, 0.15) is 22.6 Å². The molecular formula is C23H22N4O2S. The standard InChI is InChI=1S/C23H22N4O2S/c28-21(12-17-13-29-20-11-16-3-1-2-15(16)10-19(17)20)26-5-7-27(8-6-26)22-18-4-9-30-23(18)25-14-24-22/h4,9-11,13-14H,1-3,5-8,12H2. The number of carbonyl (C=O) groups excluding carboxylic acids is 1. The SMILES string of the molecule is O=C(Cc1coc2cc3c(cc12)CCC3)N1CCN(c2ncnc3sccc23)CC1. The van der Waals surface area contributed by atoms with E-state index in [-0.39, 0.29) is 5.91 Å². The summed E-state index contributed by atoms with van der Waals surface area (Å²) in [5, 5.41) is 4.25. The van der Waals surface area contributed by atoms with Gasteiger partial charge in [-0.25, -0.2) is 9.97 Å². The van der Waals surface area contributed by atoms with Crippen LogP contribution in [0.4, 0.5) is 5.82 Å². The third-order valence-corrected chi connectivity index (χ3v) is 7.20. The van der Waals surface area contributed by atoms with Crippen LogP contribution in [-0.4, -0.2) is 47.0 Å². The van der Waals surface area contributed by atoms with Gasteiger partial charge in [0.25, 0.3) is 0 Å². The molecule has 0 atom stereocenters. The van der Waals surface area contributed by atoms with Crippen molar-refractivity contribution in [1.82, 2.24) is 14.9 Å². The summed E-state index contributed by atoms with van der Waals surface area (Å²) in [6.45, 7) is 2.99. The van der Waals surface area contributed by atoms with Crippen LogP contribution in [0.1, 0.15) is 23.1 Å². The molecule has 0 unspecified atom stereocenters. The van der Waals surface area contributed by atoms with Crippen molar-refractivity contribution in [2.75, 3.05) is 31.1 Å². The molecular weight excluding hydrogens is 396 g/mol. The molecule has 0 radical (unpaired) electrons. The molecule has 4 aromatic rings. The first-order valence-electron chi connectivity index (χ1n) is 10.5. The Bertz CT molecular complexity index is 1250. The highest BCUT2D eigenvalue weighted by Crippen LogP contribution is 2.31. The second-order valence-corrected chi connectivity index (χ2v) is 9.01. The molecule has 0 N–H and O–H groups in total. The predicted octanol–water partition coefficient (Wildman–Crippen LogP) is 3.82. The summed E-state index contributed by atoms with van der Waals surface area (Å²) < 4.78 is 5.78. The molecule has 0 bridgehead atoms. The smallest absolute Gasteiger partial charge is 0.227 e. The van der Waals surface area contributed by atoms with E-state index in [1.807, 2.05) is 10.3 Å². The summed E-state index contributed by atoms with van der Waals surface area (Å²) in [6.07, 6.45) is 7.27. The molecule has 1 aliphatic heterocycles. The molecule has 152 valence electrons.